The van der Waals surface area contributed by atoms with Gasteiger partial charge in [-0.05, 0) is 31.6 Å². The summed E-state index contributed by atoms with van der Waals surface area (Å²) in [6.45, 7) is 4.85. The van der Waals surface area contributed by atoms with E-state index in [0.29, 0.717) is 11.6 Å². The van der Waals surface area contributed by atoms with E-state index in [1.54, 1.807) is 11.8 Å². The second-order valence-corrected chi connectivity index (χ2v) is 5.07. The van der Waals surface area contributed by atoms with E-state index in [2.05, 4.69) is 15.9 Å². The van der Waals surface area contributed by atoms with Crippen LogP contribution < -0.4 is 15.8 Å². The van der Waals surface area contributed by atoms with Crippen LogP contribution in [0.4, 0.5) is 10.8 Å². The summed E-state index contributed by atoms with van der Waals surface area (Å²) < 4.78 is 9.67. The highest BCUT2D eigenvalue weighted by Gasteiger charge is 2.13. The van der Waals surface area contributed by atoms with Gasteiger partial charge in [-0.15, -0.1) is 0 Å². The number of anilines is 2. The third kappa shape index (κ3) is 3.79. The molecule has 0 aromatic carbocycles. The standard InChI is InChI=1S/C9H17N3OS2/c1-6(2)13-7-8(10)12-15-9(7)11-4-5-14-3/h6,11H,4-5H2,1-3H3,(H2,10,12). The van der Waals surface area contributed by atoms with Gasteiger partial charge < -0.3 is 15.8 Å². The third-order valence-electron chi connectivity index (χ3n) is 1.62. The Labute approximate surface area is 98.7 Å². The van der Waals surface area contributed by atoms with Gasteiger partial charge in [0, 0.05) is 12.3 Å². The summed E-state index contributed by atoms with van der Waals surface area (Å²) in [6.07, 6.45) is 2.19. The molecule has 0 atom stereocenters. The van der Waals surface area contributed by atoms with Gasteiger partial charge >= 0.3 is 0 Å². The first-order chi connectivity index (χ1) is 7.15. The molecule has 1 aromatic heterocycles. The number of nitrogens with two attached hydrogens (primary N) is 1. The lowest BCUT2D eigenvalue weighted by Crippen LogP contribution is -2.09. The van der Waals surface area contributed by atoms with Crippen molar-refractivity contribution in [3.05, 3.63) is 0 Å². The van der Waals surface area contributed by atoms with Crippen LogP contribution in [0.1, 0.15) is 13.8 Å². The molecule has 0 fully saturated rings. The largest absolute Gasteiger partial charge is 0.484 e. The molecule has 0 spiro atoms. The Balaban J connectivity index is 2.62. The smallest absolute Gasteiger partial charge is 0.197 e. The van der Waals surface area contributed by atoms with E-state index in [9.17, 15) is 0 Å². The number of nitrogen functional groups attached to an aromatic ring is 1. The van der Waals surface area contributed by atoms with Gasteiger partial charge in [-0.2, -0.15) is 16.1 Å². The molecule has 0 amide bonds. The molecule has 1 heterocycles. The minimum absolute atomic E-state index is 0.116. The SMILES string of the molecule is CSCCNc1snc(N)c1OC(C)C. The van der Waals surface area contributed by atoms with Crippen LogP contribution in [0.2, 0.25) is 0 Å². The average molecular weight is 247 g/mol. The van der Waals surface area contributed by atoms with E-state index in [-0.39, 0.29) is 6.10 Å². The van der Waals surface area contributed by atoms with Crippen LogP contribution in [-0.4, -0.2) is 29.0 Å². The zero-order valence-electron chi connectivity index (χ0n) is 9.24. The lowest BCUT2D eigenvalue weighted by Gasteiger charge is -2.11. The Morgan fingerprint density at radius 1 is 1.60 bits per heavy atom. The first-order valence-electron chi connectivity index (χ1n) is 4.79. The van der Waals surface area contributed by atoms with Gasteiger partial charge in [0.05, 0.1) is 6.10 Å². The van der Waals surface area contributed by atoms with Crippen molar-refractivity contribution in [2.24, 2.45) is 0 Å². The van der Waals surface area contributed by atoms with E-state index >= 15 is 0 Å². The monoisotopic (exact) mass is 247 g/mol. The van der Waals surface area contributed by atoms with Crippen LogP contribution in [0, 0.1) is 0 Å². The van der Waals surface area contributed by atoms with Crippen LogP contribution >= 0.6 is 23.3 Å². The van der Waals surface area contributed by atoms with Crippen molar-refractivity contribution in [1.29, 1.82) is 0 Å². The molecule has 0 aliphatic heterocycles. The van der Waals surface area contributed by atoms with Gasteiger partial charge in [-0.1, -0.05) is 0 Å². The first-order valence-corrected chi connectivity index (χ1v) is 6.96. The molecule has 0 unspecified atom stereocenters. The molecule has 0 aliphatic carbocycles. The predicted molar refractivity (Wildman–Crippen MR) is 69.2 cm³/mol. The van der Waals surface area contributed by atoms with Crippen LogP contribution in [-0.2, 0) is 0 Å². The van der Waals surface area contributed by atoms with Crippen molar-refractivity contribution in [2.75, 3.05) is 29.6 Å². The number of aromatic nitrogens is 1. The summed E-state index contributed by atoms with van der Waals surface area (Å²) in [5.41, 5.74) is 5.72. The molecule has 0 saturated heterocycles. The fourth-order valence-electron chi connectivity index (χ4n) is 1.02. The van der Waals surface area contributed by atoms with Gasteiger partial charge in [0.25, 0.3) is 0 Å². The summed E-state index contributed by atoms with van der Waals surface area (Å²) in [4.78, 5) is 0. The number of hydrogen-bond acceptors (Lipinski definition) is 6. The fourth-order valence-corrected chi connectivity index (χ4v) is 2.00. The average Bonchev–Trinajstić information content (AvgIpc) is 2.49. The quantitative estimate of drug-likeness (QED) is 0.755. The van der Waals surface area contributed by atoms with E-state index in [1.165, 1.54) is 11.5 Å². The van der Waals surface area contributed by atoms with Crippen molar-refractivity contribution < 1.29 is 4.74 Å². The van der Waals surface area contributed by atoms with Crippen molar-refractivity contribution in [2.45, 2.75) is 20.0 Å². The van der Waals surface area contributed by atoms with Gasteiger partial charge in [-0.3, -0.25) is 0 Å². The maximum absolute atomic E-state index is 5.72. The van der Waals surface area contributed by atoms with E-state index in [4.69, 9.17) is 10.5 Å². The molecule has 0 saturated carbocycles. The topological polar surface area (TPSA) is 60.2 Å². The maximum Gasteiger partial charge on any atom is 0.197 e. The Morgan fingerprint density at radius 2 is 2.33 bits per heavy atom. The Morgan fingerprint density at radius 3 is 2.93 bits per heavy atom. The van der Waals surface area contributed by atoms with Gasteiger partial charge in [0.2, 0.25) is 0 Å². The number of nitrogens with one attached hydrogen (secondary N) is 1. The third-order valence-corrected chi connectivity index (χ3v) is 3.03. The molecule has 0 radical (unpaired) electrons. The maximum atomic E-state index is 5.72. The molecular weight excluding hydrogens is 230 g/mol. The van der Waals surface area contributed by atoms with E-state index in [0.717, 1.165) is 17.3 Å². The number of rotatable bonds is 6. The Hall–Kier alpha value is -0.620. The number of thioether (sulfide) groups is 1. The number of ether oxygens (including phenoxy) is 1. The first kappa shape index (κ1) is 12.4. The van der Waals surface area contributed by atoms with Crippen LogP contribution in [0.3, 0.4) is 0 Å². The molecule has 1 aromatic rings. The summed E-state index contributed by atoms with van der Waals surface area (Å²) in [7, 11) is 0. The molecule has 6 heteroatoms. The highest BCUT2D eigenvalue weighted by atomic mass is 32.2. The zero-order valence-corrected chi connectivity index (χ0v) is 10.9. The lowest BCUT2D eigenvalue weighted by atomic mass is 10.4. The van der Waals surface area contributed by atoms with Gasteiger partial charge in [-0.25, -0.2) is 0 Å². The summed E-state index contributed by atoms with van der Waals surface area (Å²) >= 11 is 3.15. The van der Waals surface area contributed by atoms with Crippen LogP contribution in [0.5, 0.6) is 5.75 Å². The van der Waals surface area contributed by atoms with Crippen molar-refractivity contribution >= 4 is 34.1 Å². The molecule has 0 bridgehead atoms. The summed E-state index contributed by atoms with van der Waals surface area (Å²) in [5.74, 6) is 2.22. The Bertz CT molecular complexity index is 302. The fraction of sp³-hybridized carbons (Fsp3) is 0.667. The molecular formula is C9H17N3OS2. The van der Waals surface area contributed by atoms with Crippen molar-refractivity contribution in [1.82, 2.24) is 4.37 Å². The van der Waals surface area contributed by atoms with Crippen molar-refractivity contribution in [3.8, 4) is 5.75 Å². The molecule has 15 heavy (non-hydrogen) atoms. The second-order valence-electron chi connectivity index (χ2n) is 3.31. The van der Waals surface area contributed by atoms with Crippen LogP contribution in [0.25, 0.3) is 0 Å². The van der Waals surface area contributed by atoms with Gasteiger partial charge in [0.1, 0.15) is 0 Å². The molecule has 1 rings (SSSR count). The molecule has 4 nitrogen and oxygen atoms in total. The molecule has 86 valence electrons. The zero-order chi connectivity index (χ0) is 11.3. The predicted octanol–water partition coefficient (Wildman–Crippen LogP) is 2.29. The van der Waals surface area contributed by atoms with Gasteiger partial charge in [0.15, 0.2) is 16.6 Å². The second kappa shape index (κ2) is 6.07. The highest BCUT2D eigenvalue weighted by Crippen LogP contribution is 2.35. The lowest BCUT2D eigenvalue weighted by molar-refractivity contribution is 0.245. The minimum Gasteiger partial charge on any atom is -0.484 e. The minimum atomic E-state index is 0.116. The normalized spacial score (nSPS) is 10.7. The highest BCUT2D eigenvalue weighted by molar-refractivity contribution is 7.98. The van der Waals surface area contributed by atoms with Crippen molar-refractivity contribution in [3.63, 3.8) is 0 Å². The van der Waals surface area contributed by atoms with E-state index < -0.39 is 0 Å². The molecule has 3 N–H and O–H groups in total. The molecule has 0 aliphatic rings. The summed E-state index contributed by atoms with van der Waals surface area (Å²) in [5, 5.41) is 4.20. The van der Waals surface area contributed by atoms with Crippen LogP contribution in [0.15, 0.2) is 0 Å². The van der Waals surface area contributed by atoms with E-state index in [1.807, 2.05) is 13.8 Å². The summed E-state index contributed by atoms with van der Waals surface area (Å²) in [6, 6.07) is 0. The Kier molecular flexibility index (Phi) is 5.04. The number of nitrogens with zero attached hydrogens (tertiary/aromatic N) is 1. The number of hydrogen-bond donors (Lipinski definition) is 2.